The molecule has 0 radical (unpaired) electrons. The molecule has 2 aliphatic rings. The summed E-state index contributed by atoms with van der Waals surface area (Å²) >= 11 is 1.72. The van der Waals surface area contributed by atoms with Crippen LogP contribution in [-0.4, -0.2) is 49.9 Å². The van der Waals surface area contributed by atoms with Crippen LogP contribution < -0.4 is 9.80 Å². The van der Waals surface area contributed by atoms with Gasteiger partial charge < -0.3 is 14.7 Å². The number of rotatable bonds is 4. The quantitative estimate of drug-likeness (QED) is 0.815. The molecule has 1 saturated heterocycles. The maximum atomic E-state index is 12.5. The van der Waals surface area contributed by atoms with Crippen molar-refractivity contribution < 1.29 is 9.59 Å². The smallest absolute Gasteiger partial charge is 0.227 e. The predicted octanol–water partition coefficient (Wildman–Crippen LogP) is 2.94. The Kier molecular flexibility index (Phi) is 5.16. The van der Waals surface area contributed by atoms with Crippen molar-refractivity contribution in [2.24, 2.45) is 0 Å². The zero-order valence-electron chi connectivity index (χ0n) is 15.7. The van der Waals surface area contributed by atoms with Crippen molar-refractivity contribution >= 4 is 34.5 Å². The van der Waals surface area contributed by atoms with E-state index in [4.69, 9.17) is 0 Å². The molecule has 2 amide bonds. The number of benzene rings is 1. The maximum absolute atomic E-state index is 12.5. The zero-order chi connectivity index (χ0) is 18.8. The van der Waals surface area contributed by atoms with Gasteiger partial charge in [-0.15, -0.1) is 11.3 Å². The van der Waals surface area contributed by atoms with Crippen molar-refractivity contribution in [2.75, 3.05) is 43.0 Å². The summed E-state index contributed by atoms with van der Waals surface area (Å²) in [5.41, 5.74) is 3.46. The summed E-state index contributed by atoms with van der Waals surface area (Å²) in [5.74, 6) is 0.443. The lowest BCUT2D eigenvalue weighted by atomic mass is 10.0. The van der Waals surface area contributed by atoms with E-state index in [0.717, 1.165) is 44.7 Å². The van der Waals surface area contributed by atoms with Crippen LogP contribution >= 0.6 is 11.3 Å². The molecule has 0 saturated carbocycles. The van der Waals surface area contributed by atoms with Crippen molar-refractivity contribution in [1.29, 1.82) is 0 Å². The second-order valence-electron chi connectivity index (χ2n) is 7.21. The Morgan fingerprint density at radius 3 is 2.67 bits per heavy atom. The molecule has 0 atom stereocenters. The molecule has 2 aliphatic heterocycles. The average molecular weight is 384 g/mol. The maximum Gasteiger partial charge on any atom is 0.227 e. The van der Waals surface area contributed by atoms with Crippen LogP contribution in [0.3, 0.4) is 0 Å². The van der Waals surface area contributed by atoms with Crippen LogP contribution in [0.1, 0.15) is 23.3 Å². The summed E-state index contributed by atoms with van der Waals surface area (Å²) in [4.78, 5) is 31.7. The summed E-state index contributed by atoms with van der Waals surface area (Å²) in [5, 5.41) is 2.06. The highest BCUT2D eigenvalue weighted by atomic mass is 32.1. The van der Waals surface area contributed by atoms with E-state index in [-0.39, 0.29) is 11.8 Å². The number of amides is 2. The van der Waals surface area contributed by atoms with Crippen molar-refractivity contribution in [3.05, 3.63) is 46.2 Å². The number of aryl methyl sites for hydroxylation is 2. The van der Waals surface area contributed by atoms with Crippen LogP contribution in [0.15, 0.2) is 35.7 Å². The summed E-state index contributed by atoms with van der Waals surface area (Å²) in [6.45, 7) is 3.27. The molecular formula is C21H25N3O2S. The van der Waals surface area contributed by atoms with Gasteiger partial charge in [0.05, 0.1) is 0 Å². The molecule has 1 aromatic heterocycles. The first-order valence-electron chi connectivity index (χ1n) is 9.56. The van der Waals surface area contributed by atoms with E-state index in [1.54, 1.807) is 16.2 Å². The lowest BCUT2D eigenvalue weighted by molar-refractivity contribution is -0.131. The van der Waals surface area contributed by atoms with Crippen LogP contribution in [0.5, 0.6) is 0 Å². The molecule has 5 nitrogen and oxygen atoms in total. The zero-order valence-corrected chi connectivity index (χ0v) is 16.5. The predicted molar refractivity (Wildman–Crippen MR) is 110 cm³/mol. The van der Waals surface area contributed by atoms with Gasteiger partial charge in [-0.2, -0.15) is 0 Å². The molecule has 3 heterocycles. The molecule has 0 bridgehead atoms. The summed E-state index contributed by atoms with van der Waals surface area (Å²) < 4.78 is 0. The third-order valence-electron chi connectivity index (χ3n) is 5.57. The van der Waals surface area contributed by atoms with Gasteiger partial charge in [0.15, 0.2) is 0 Å². The molecule has 1 aromatic carbocycles. The number of nitrogens with zero attached hydrogens (tertiary/aromatic N) is 3. The van der Waals surface area contributed by atoms with E-state index in [1.807, 2.05) is 18.0 Å². The van der Waals surface area contributed by atoms with Gasteiger partial charge in [-0.25, -0.2) is 0 Å². The van der Waals surface area contributed by atoms with Gasteiger partial charge in [0.1, 0.15) is 0 Å². The van der Waals surface area contributed by atoms with Gasteiger partial charge in [-0.1, -0.05) is 6.07 Å². The molecule has 27 heavy (non-hydrogen) atoms. The van der Waals surface area contributed by atoms with Crippen molar-refractivity contribution in [3.8, 4) is 0 Å². The Morgan fingerprint density at radius 2 is 1.93 bits per heavy atom. The number of thiophene rings is 1. The number of hydrogen-bond acceptors (Lipinski definition) is 4. The largest absolute Gasteiger partial charge is 0.368 e. The second kappa shape index (κ2) is 7.72. The molecular weight excluding hydrogens is 358 g/mol. The van der Waals surface area contributed by atoms with E-state index in [2.05, 4.69) is 34.5 Å². The normalized spacial score (nSPS) is 17.2. The molecule has 142 valence electrons. The second-order valence-corrected chi connectivity index (χ2v) is 8.25. The number of carbonyl (C=O) groups is 2. The van der Waals surface area contributed by atoms with Gasteiger partial charge in [-0.05, 0) is 48.1 Å². The average Bonchev–Trinajstić information content (AvgIpc) is 3.22. The molecule has 4 rings (SSSR count). The first-order valence-corrected chi connectivity index (χ1v) is 10.4. The molecule has 1 fully saturated rings. The van der Waals surface area contributed by atoms with Gasteiger partial charge in [-0.3, -0.25) is 9.59 Å². The topological polar surface area (TPSA) is 43.9 Å². The monoisotopic (exact) mass is 383 g/mol. The number of anilines is 2. The van der Waals surface area contributed by atoms with E-state index >= 15 is 0 Å². The first-order chi connectivity index (χ1) is 13.1. The fourth-order valence-electron chi connectivity index (χ4n) is 3.90. The lowest BCUT2D eigenvalue weighted by Gasteiger charge is -2.37. The minimum Gasteiger partial charge on any atom is -0.368 e. The van der Waals surface area contributed by atoms with Gasteiger partial charge >= 0.3 is 0 Å². The molecule has 0 spiro atoms. The number of carbonyl (C=O) groups excluding carboxylic acids is 2. The van der Waals surface area contributed by atoms with E-state index < -0.39 is 0 Å². The van der Waals surface area contributed by atoms with Crippen molar-refractivity contribution in [3.63, 3.8) is 0 Å². The number of fused-ring (bicyclic) bond motifs is 1. The summed E-state index contributed by atoms with van der Waals surface area (Å²) in [6, 6.07) is 10.5. The van der Waals surface area contributed by atoms with E-state index in [0.29, 0.717) is 12.8 Å². The first kappa shape index (κ1) is 18.0. The summed E-state index contributed by atoms with van der Waals surface area (Å²) in [7, 11) is 1.85. The number of hydrogen-bond donors (Lipinski definition) is 0. The van der Waals surface area contributed by atoms with Gasteiger partial charge in [0, 0.05) is 62.3 Å². The van der Waals surface area contributed by atoms with E-state index in [1.165, 1.54) is 16.1 Å². The van der Waals surface area contributed by atoms with Crippen LogP contribution in [0, 0.1) is 0 Å². The molecule has 6 heteroatoms. The molecule has 0 aliphatic carbocycles. The molecule has 0 N–H and O–H groups in total. The Hall–Kier alpha value is -2.34. The van der Waals surface area contributed by atoms with Gasteiger partial charge in [0.2, 0.25) is 11.8 Å². The minimum atomic E-state index is 0.185. The SMILES string of the molecule is CN1C(=O)CCc2cc(N3CCN(C(=O)CCc4cccs4)CC3)ccc21. The highest BCUT2D eigenvalue weighted by molar-refractivity contribution is 7.09. The molecule has 2 aromatic rings. The third-order valence-corrected chi connectivity index (χ3v) is 6.51. The Labute approximate surface area is 164 Å². The van der Waals surface area contributed by atoms with Crippen molar-refractivity contribution in [2.45, 2.75) is 25.7 Å². The van der Waals surface area contributed by atoms with Crippen LogP contribution in [0.4, 0.5) is 11.4 Å². The fraction of sp³-hybridized carbons (Fsp3) is 0.429. The highest BCUT2D eigenvalue weighted by Gasteiger charge is 2.24. The van der Waals surface area contributed by atoms with Crippen LogP contribution in [0.25, 0.3) is 0 Å². The highest BCUT2D eigenvalue weighted by Crippen LogP contribution is 2.31. The lowest BCUT2D eigenvalue weighted by Crippen LogP contribution is -2.48. The Bertz CT molecular complexity index is 826. The van der Waals surface area contributed by atoms with Crippen LogP contribution in [0.2, 0.25) is 0 Å². The van der Waals surface area contributed by atoms with Crippen LogP contribution in [-0.2, 0) is 22.4 Å². The Morgan fingerprint density at radius 1 is 1.11 bits per heavy atom. The summed E-state index contributed by atoms with van der Waals surface area (Å²) in [6.07, 6.45) is 2.83. The minimum absolute atomic E-state index is 0.185. The third kappa shape index (κ3) is 3.86. The van der Waals surface area contributed by atoms with Gasteiger partial charge in [0.25, 0.3) is 0 Å². The number of piperazine rings is 1. The molecule has 0 unspecified atom stereocenters. The standard InChI is InChI=1S/C21H25N3O2S/c1-22-19-7-5-17(15-16(19)4-8-20(22)25)23-10-12-24(13-11-23)21(26)9-6-18-3-2-14-27-18/h2-3,5,7,14-15H,4,6,8-13H2,1H3. The van der Waals surface area contributed by atoms with Crippen molar-refractivity contribution in [1.82, 2.24) is 4.90 Å². The fourth-order valence-corrected chi connectivity index (χ4v) is 4.61. The Balaban J connectivity index is 1.34. The van der Waals surface area contributed by atoms with E-state index in [9.17, 15) is 9.59 Å².